The number of amides is 1. The van der Waals surface area contributed by atoms with E-state index in [1.165, 1.54) is 0 Å². The third-order valence-corrected chi connectivity index (χ3v) is 5.84. The van der Waals surface area contributed by atoms with Crippen molar-refractivity contribution in [2.75, 3.05) is 5.32 Å². The highest BCUT2D eigenvalue weighted by atomic mass is 35.5. The number of benzene rings is 2. The van der Waals surface area contributed by atoms with Gasteiger partial charge in [-0.1, -0.05) is 48.0 Å². The van der Waals surface area contributed by atoms with Crippen LogP contribution in [0.4, 0.5) is 5.69 Å². The summed E-state index contributed by atoms with van der Waals surface area (Å²) in [4.78, 5) is 17.5. The van der Waals surface area contributed by atoms with Gasteiger partial charge in [0.2, 0.25) is 5.88 Å². The molecule has 0 saturated heterocycles. The molecule has 1 unspecified atom stereocenters. The number of ether oxygens (including phenoxy) is 1. The summed E-state index contributed by atoms with van der Waals surface area (Å²) in [6.45, 7) is 8.24. The second-order valence-electron chi connectivity index (χ2n) is 7.64. The van der Waals surface area contributed by atoms with Crippen LogP contribution in [0.1, 0.15) is 25.1 Å². The SMILES string of the molecule is CCn1nc(C)c2c(-c3ccccc3)cc(OC(C)C(=O)Nc3cccc(Cl)c3C)nc21. The summed E-state index contributed by atoms with van der Waals surface area (Å²) < 4.78 is 7.85. The van der Waals surface area contributed by atoms with Crippen LogP contribution in [0.5, 0.6) is 5.88 Å². The summed E-state index contributed by atoms with van der Waals surface area (Å²) >= 11 is 6.17. The molecule has 0 fully saturated rings. The van der Waals surface area contributed by atoms with E-state index in [0.29, 0.717) is 23.1 Å². The van der Waals surface area contributed by atoms with Gasteiger partial charge in [-0.25, -0.2) is 4.68 Å². The number of carbonyl (C=O) groups excluding carboxylic acids is 1. The van der Waals surface area contributed by atoms with Crippen molar-refractivity contribution in [3.8, 4) is 17.0 Å². The van der Waals surface area contributed by atoms with E-state index in [1.54, 1.807) is 19.1 Å². The Morgan fingerprint density at radius 3 is 2.62 bits per heavy atom. The first kappa shape index (κ1) is 21.8. The second-order valence-corrected chi connectivity index (χ2v) is 8.04. The van der Waals surface area contributed by atoms with Crippen LogP contribution in [0, 0.1) is 13.8 Å². The van der Waals surface area contributed by atoms with Crippen LogP contribution in [-0.2, 0) is 11.3 Å². The maximum Gasteiger partial charge on any atom is 0.265 e. The maximum atomic E-state index is 12.8. The number of hydrogen-bond donors (Lipinski definition) is 1. The lowest BCUT2D eigenvalue weighted by Crippen LogP contribution is -2.30. The normalized spacial score (nSPS) is 12.0. The Bertz CT molecular complexity index is 1280. The number of halogens is 1. The molecule has 1 amide bonds. The third-order valence-electron chi connectivity index (χ3n) is 5.43. The minimum absolute atomic E-state index is 0.279. The minimum atomic E-state index is -0.763. The molecule has 0 saturated carbocycles. The summed E-state index contributed by atoms with van der Waals surface area (Å²) in [5.41, 5.74) is 5.12. The molecule has 1 N–H and O–H groups in total. The number of nitrogens with one attached hydrogen (secondary N) is 1. The fourth-order valence-corrected chi connectivity index (χ4v) is 3.84. The van der Waals surface area contributed by atoms with E-state index in [-0.39, 0.29) is 5.91 Å². The molecule has 0 radical (unpaired) electrons. The first-order valence-electron chi connectivity index (χ1n) is 10.5. The second kappa shape index (κ2) is 9.01. The highest BCUT2D eigenvalue weighted by Gasteiger charge is 2.20. The zero-order valence-electron chi connectivity index (χ0n) is 18.5. The third kappa shape index (κ3) is 4.18. The Morgan fingerprint density at radius 2 is 1.91 bits per heavy atom. The van der Waals surface area contributed by atoms with Crippen LogP contribution in [-0.4, -0.2) is 26.8 Å². The average Bonchev–Trinajstić information content (AvgIpc) is 3.12. The molecule has 0 aliphatic heterocycles. The molecule has 32 heavy (non-hydrogen) atoms. The van der Waals surface area contributed by atoms with E-state index in [9.17, 15) is 4.79 Å². The number of anilines is 1. The molecule has 4 aromatic rings. The molecule has 2 aromatic carbocycles. The average molecular weight is 449 g/mol. The predicted molar refractivity (Wildman–Crippen MR) is 128 cm³/mol. The molecule has 164 valence electrons. The summed E-state index contributed by atoms with van der Waals surface area (Å²) in [5, 5.41) is 9.10. The van der Waals surface area contributed by atoms with Crippen molar-refractivity contribution in [1.29, 1.82) is 0 Å². The quantitative estimate of drug-likeness (QED) is 0.405. The smallest absolute Gasteiger partial charge is 0.265 e. The molecule has 2 aromatic heterocycles. The Kier molecular flexibility index (Phi) is 6.15. The topological polar surface area (TPSA) is 69.0 Å². The summed E-state index contributed by atoms with van der Waals surface area (Å²) in [7, 11) is 0. The van der Waals surface area contributed by atoms with E-state index >= 15 is 0 Å². The van der Waals surface area contributed by atoms with Gasteiger partial charge in [-0.2, -0.15) is 10.1 Å². The summed E-state index contributed by atoms with van der Waals surface area (Å²) in [6.07, 6.45) is -0.763. The van der Waals surface area contributed by atoms with E-state index in [4.69, 9.17) is 21.3 Å². The van der Waals surface area contributed by atoms with Crippen molar-refractivity contribution < 1.29 is 9.53 Å². The lowest BCUT2D eigenvalue weighted by atomic mass is 10.0. The lowest BCUT2D eigenvalue weighted by molar-refractivity contribution is -0.122. The van der Waals surface area contributed by atoms with Crippen molar-refractivity contribution >= 4 is 34.2 Å². The van der Waals surface area contributed by atoms with Crippen LogP contribution >= 0.6 is 11.6 Å². The van der Waals surface area contributed by atoms with Crippen LogP contribution in [0.3, 0.4) is 0 Å². The highest BCUT2D eigenvalue weighted by Crippen LogP contribution is 2.33. The molecular formula is C25H25ClN4O2. The Hall–Kier alpha value is -3.38. The molecule has 6 nitrogen and oxygen atoms in total. The van der Waals surface area contributed by atoms with Gasteiger partial charge in [0.05, 0.1) is 11.1 Å². The molecule has 0 aliphatic carbocycles. The number of hydrogen-bond acceptors (Lipinski definition) is 4. The van der Waals surface area contributed by atoms with Crippen LogP contribution in [0.15, 0.2) is 54.6 Å². The van der Waals surface area contributed by atoms with Gasteiger partial charge in [0.25, 0.3) is 5.91 Å². The fraction of sp³-hybridized carbons (Fsp3) is 0.240. The summed E-state index contributed by atoms with van der Waals surface area (Å²) in [6, 6.07) is 17.3. The molecule has 7 heteroatoms. The molecule has 1 atom stereocenters. The number of nitrogens with zero attached hydrogens (tertiary/aromatic N) is 3. The van der Waals surface area contributed by atoms with Gasteiger partial charge >= 0.3 is 0 Å². The lowest BCUT2D eigenvalue weighted by Gasteiger charge is -2.16. The predicted octanol–water partition coefficient (Wildman–Crippen LogP) is 5.79. The minimum Gasteiger partial charge on any atom is -0.464 e. The van der Waals surface area contributed by atoms with E-state index in [2.05, 4.69) is 10.4 Å². The Balaban J connectivity index is 1.68. The van der Waals surface area contributed by atoms with Crippen molar-refractivity contribution in [1.82, 2.24) is 14.8 Å². The molecule has 0 spiro atoms. The van der Waals surface area contributed by atoms with Crippen molar-refractivity contribution in [3.63, 3.8) is 0 Å². The van der Waals surface area contributed by atoms with Crippen LogP contribution in [0.2, 0.25) is 5.02 Å². The Labute approximate surface area is 192 Å². The zero-order chi connectivity index (χ0) is 22.8. The molecule has 2 heterocycles. The van der Waals surface area contributed by atoms with Gasteiger partial charge in [0.15, 0.2) is 11.8 Å². The number of aryl methyl sites for hydroxylation is 2. The van der Waals surface area contributed by atoms with Gasteiger partial charge < -0.3 is 10.1 Å². The van der Waals surface area contributed by atoms with E-state index in [0.717, 1.165) is 33.4 Å². The zero-order valence-corrected chi connectivity index (χ0v) is 19.3. The Morgan fingerprint density at radius 1 is 1.16 bits per heavy atom. The van der Waals surface area contributed by atoms with Crippen molar-refractivity contribution in [2.45, 2.75) is 40.3 Å². The van der Waals surface area contributed by atoms with E-state index < -0.39 is 6.10 Å². The monoisotopic (exact) mass is 448 g/mol. The highest BCUT2D eigenvalue weighted by molar-refractivity contribution is 6.31. The number of fused-ring (bicyclic) bond motifs is 1. The molecular weight excluding hydrogens is 424 g/mol. The molecule has 0 aliphatic rings. The van der Waals surface area contributed by atoms with Crippen molar-refractivity contribution in [3.05, 3.63) is 70.9 Å². The number of pyridine rings is 1. The van der Waals surface area contributed by atoms with E-state index in [1.807, 2.05) is 67.9 Å². The van der Waals surface area contributed by atoms with Crippen LogP contribution in [0.25, 0.3) is 22.2 Å². The fourth-order valence-electron chi connectivity index (χ4n) is 3.67. The first-order valence-corrected chi connectivity index (χ1v) is 10.9. The van der Waals surface area contributed by atoms with Crippen LogP contribution < -0.4 is 10.1 Å². The van der Waals surface area contributed by atoms with Crippen molar-refractivity contribution in [2.24, 2.45) is 0 Å². The maximum absolute atomic E-state index is 12.8. The van der Waals surface area contributed by atoms with Gasteiger partial charge in [-0.05, 0) is 56.5 Å². The standard InChI is InChI=1S/C25H25ClN4O2/c1-5-30-24-23(16(3)29-30)19(18-10-7-6-8-11-18)14-22(28-24)32-17(4)25(31)27-21-13-9-12-20(26)15(21)2/h6-14,17H,5H2,1-4H3,(H,27,31). The number of rotatable bonds is 6. The molecule has 4 rings (SSSR count). The van der Waals surface area contributed by atoms with Gasteiger partial charge in [-0.3, -0.25) is 4.79 Å². The largest absolute Gasteiger partial charge is 0.464 e. The van der Waals surface area contributed by atoms with Gasteiger partial charge in [0, 0.05) is 23.3 Å². The van der Waals surface area contributed by atoms with Gasteiger partial charge in [0.1, 0.15) is 0 Å². The molecule has 0 bridgehead atoms. The first-order chi connectivity index (χ1) is 15.4. The number of aromatic nitrogens is 3. The number of carbonyl (C=O) groups is 1. The summed E-state index contributed by atoms with van der Waals surface area (Å²) in [5.74, 6) is 0.0927. The van der Waals surface area contributed by atoms with Gasteiger partial charge in [-0.15, -0.1) is 0 Å².